The second kappa shape index (κ2) is 7.75. The molecule has 2 aliphatic heterocycles. The van der Waals surface area contributed by atoms with Crippen LogP contribution in [0.2, 0.25) is 0 Å². The molecule has 0 bridgehead atoms. The second-order valence-electron chi connectivity index (χ2n) is 4.01. The van der Waals surface area contributed by atoms with Crippen molar-refractivity contribution in [1.29, 1.82) is 0 Å². The molecule has 0 saturated carbocycles. The van der Waals surface area contributed by atoms with Crippen molar-refractivity contribution in [2.75, 3.05) is 32.8 Å². The Morgan fingerprint density at radius 3 is 2.82 bits per heavy atom. The van der Waals surface area contributed by atoms with Crippen molar-refractivity contribution in [2.45, 2.75) is 18.9 Å². The van der Waals surface area contributed by atoms with Crippen LogP contribution >= 0.6 is 24.0 Å². The van der Waals surface area contributed by atoms with Crippen LogP contribution in [0.3, 0.4) is 0 Å². The van der Waals surface area contributed by atoms with Gasteiger partial charge in [0.25, 0.3) is 0 Å². The van der Waals surface area contributed by atoms with E-state index in [-0.39, 0.29) is 30.1 Å². The molecule has 1 saturated heterocycles. The van der Waals surface area contributed by atoms with Crippen molar-refractivity contribution >= 4 is 29.9 Å². The molecule has 6 heteroatoms. The van der Waals surface area contributed by atoms with Crippen molar-refractivity contribution in [3.8, 4) is 0 Å². The van der Waals surface area contributed by atoms with Crippen LogP contribution < -0.4 is 5.73 Å². The summed E-state index contributed by atoms with van der Waals surface area (Å²) in [7, 11) is 0. The van der Waals surface area contributed by atoms with Gasteiger partial charge < -0.3 is 20.1 Å². The normalized spacial score (nSPS) is 25.1. The summed E-state index contributed by atoms with van der Waals surface area (Å²) in [4.78, 5) is 6.44. The van der Waals surface area contributed by atoms with Gasteiger partial charge in [-0.2, -0.15) is 0 Å². The number of nitrogens with two attached hydrogens (primary N) is 1. The number of guanidine groups is 1. The van der Waals surface area contributed by atoms with Gasteiger partial charge >= 0.3 is 0 Å². The number of ether oxygens (including phenoxy) is 2. The molecule has 2 rings (SSSR count). The summed E-state index contributed by atoms with van der Waals surface area (Å²) in [5.74, 6) is 0.612. The molecule has 98 valence electrons. The monoisotopic (exact) mass is 353 g/mol. The number of hydrogen-bond donors (Lipinski definition) is 1. The van der Waals surface area contributed by atoms with Crippen LogP contribution in [0.15, 0.2) is 17.3 Å². The Balaban J connectivity index is 0.00000144. The van der Waals surface area contributed by atoms with Gasteiger partial charge in [-0.25, -0.2) is 4.99 Å². The smallest absolute Gasteiger partial charge is 0.191 e. The Bertz CT molecular complexity index is 278. The van der Waals surface area contributed by atoms with Gasteiger partial charge in [0.2, 0.25) is 0 Å². The fourth-order valence-corrected chi connectivity index (χ4v) is 1.81. The van der Waals surface area contributed by atoms with Crippen LogP contribution in [0, 0.1) is 0 Å². The SMILES string of the molecule is I.NC(=NCC1CCC=CO1)N1CCOCC1. The highest BCUT2D eigenvalue weighted by Crippen LogP contribution is 2.10. The van der Waals surface area contributed by atoms with E-state index >= 15 is 0 Å². The zero-order valence-electron chi connectivity index (χ0n) is 9.88. The van der Waals surface area contributed by atoms with E-state index in [1.54, 1.807) is 6.26 Å². The minimum atomic E-state index is 0. The van der Waals surface area contributed by atoms with Crippen LogP contribution in [0.1, 0.15) is 12.8 Å². The number of morpholine rings is 1. The van der Waals surface area contributed by atoms with Crippen molar-refractivity contribution < 1.29 is 9.47 Å². The molecule has 0 amide bonds. The average Bonchev–Trinajstić information content (AvgIpc) is 2.38. The summed E-state index contributed by atoms with van der Waals surface area (Å²) < 4.78 is 10.7. The first-order chi connectivity index (χ1) is 7.86. The van der Waals surface area contributed by atoms with Crippen molar-refractivity contribution in [3.63, 3.8) is 0 Å². The third-order valence-electron chi connectivity index (χ3n) is 2.81. The number of aliphatic imine (C=N–C) groups is 1. The maximum absolute atomic E-state index is 5.91. The Kier molecular flexibility index (Phi) is 6.64. The topological polar surface area (TPSA) is 60.1 Å². The standard InChI is InChI=1S/C11H19N3O2.HI/c12-11(14-4-7-15-8-5-14)13-9-10-3-1-2-6-16-10;/h2,6,10H,1,3-5,7-9H2,(H2,12,13);1H. The molecule has 1 fully saturated rings. The van der Waals surface area contributed by atoms with E-state index in [2.05, 4.69) is 9.89 Å². The van der Waals surface area contributed by atoms with Crippen LogP contribution in [-0.4, -0.2) is 49.8 Å². The Labute approximate surface area is 119 Å². The molecular weight excluding hydrogens is 333 g/mol. The highest BCUT2D eigenvalue weighted by Gasteiger charge is 2.14. The minimum absolute atomic E-state index is 0. The maximum Gasteiger partial charge on any atom is 0.191 e. The van der Waals surface area contributed by atoms with Crippen molar-refractivity contribution in [1.82, 2.24) is 4.90 Å². The molecule has 2 aliphatic rings. The Morgan fingerprint density at radius 1 is 1.41 bits per heavy atom. The summed E-state index contributed by atoms with van der Waals surface area (Å²) in [6, 6.07) is 0. The van der Waals surface area contributed by atoms with Gasteiger partial charge in [-0.1, -0.05) is 0 Å². The zero-order valence-corrected chi connectivity index (χ0v) is 12.2. The summed E-state index contributed by atoms with van der Waals surface area (Å²) >= 11 is 0. The number of allylic oxidation sites excluding steroid dienone is 1. The molecule has 0 aromatic rings. The lowest BCUT2D eigenvalue weighted by Gasteiger charge is -2.28. The van der Waals surface area contributed by atoms with Gasteiger partial charge in [-0.05, 0) is 18.9 Å². The lowest BCUT2D eigenvalue weighted by atomic mass is 10.2. The highest BCUT2D eigenvalue weighted by atomic mass is 127. The zero-order chi connectivity index (χ0) is 11.2. The lowest BCUT2D eigenvalue weighted by molar-refractivity contribution is 0.0671. The van der Waals surface area contributed by atoms with Crippen LogP contribution in [-0.2, 0) is 9.47 Å². The summed E-state index contributed by atoms with van der Waals surface area (Å²) in [6.07, 6.45) is 6.07. The predicted molar refractivity (Wildman–Crippen MR) is 77.5 cm³/mol. The number of hydrogen-bond acceptors (Lipinski definition) is 3. The quantitative estimate of drug-likeness (QED) is 0.456. The van der Waals surface area contributed by atoms with Gasteiger partial charge in [-0.15, -0.1) is 24.0 Å². The molecular formula is C11H20IN3O2. The van der Waals surface area contributed by atoms with Gasteiger partial charge in [0.1, 0.15) is 6.10 Å². The van der Waals surface area contributed by atoms with Gasteiger partial charge in [0.15, 0.2) is 5.96 Å². The first-order valence-corrected chi connectivity index (χ1v) is 5.79. The Hall–Kier alpha value is -0.500. The van der Waals surface area contributed by atoms with E-state index < -0.39 is 0 Å². The summed E-state index contributed by atoms with van der Waals surface area (Å²) in [6.45, 7) is 3.78. The van der Waals surface area contributed by atoms with Gasteiger partial charge in [0.05, 0.1) is 26.0 Å². The van der Waals surface area contributed by atoms with Crippen LogP contribution in [0.4, 0.5) is 0 Å². The molecule has 2 N–H and O–H groups in total. The van der Waals surface area contributed by atoms with Crippen molar-refractivity contribution in [2.24, 2.45) is 10.7 Å². The fraction of sp³-hybridized carbons (Fsp3) is 0.727. The average molecular weight is 353 g/mol. The maximum atomic E-state index is 5.91. The molecule has 0 aromatic carbocycles. The number of rotatable bonds is 2. The van der Waals surface area contributed by atoms with E-state index in [1.165, 1.54) is 0 Å². The molecule has 0 aliphatic carbocycles. The fourth-order valence-electron chi connectivity index (χ4n) is 1.81. The number of nitrogens with zero attached hydrogens (tertiary/aromatic N) is 2. The Morgan fingerprint density at radius 2 is 2.18 bits per heavy atom. The van der Waals surface area contributed by atoms with Crippen LogP contribution in [0.25, 0.3) is 0 Å². The van der Waals surface area contributed by atoms with E-state index in [0.717, 1.165) is 39.1 Å². The van der Waals surface area contributed by atoms with Gasteiger partial charge in [0, 0.05) is 13.1 Å². The molecule has 0 spiro atoms. The third kappa shape index (κ3) is 4.71. The predicted octanol–water partition coefficient (Wildman–Crippen LogP) is 0.944. The van der Waals surface area contributed by atoms with Gasteiger partial charge in [-0.3, -0.25) is 0 Å². The first-order valence-electron chi connectivity index (χ1n) is 5.79. The highest BCUT2D eigenvalue weighted by molar-refractivity contribution is 14.0. The van der Waals surface area contributed by atoms with E-state index in [0.29, 0.717) is 12.5 Å². The van der Waals surface area contributed by atoms with E-state index in [4.69, 9.17) is 15.2 Å². The molecule has 2 heterocycles. The minimum Gasteiger partial charge on any atom is -0.496 e. The molecule has 0 radical (unpaired) electrons. The molecule has 1 atom stereocenters. The summed E-state index contributed by atoms with van der Waals surface area (Å²) in [5.41, 5.74) is 5.91. The number of halogens is 1. The molecule has 1 unspecified atom stereocenters. The summed E-state index contributed by atoms with van der Waals surface area (Å²) in [5, 5.41) is 0. The lowest BCUT2D eigenvalue weighted by Crippen LogP contribution is -2.45. The first kappa shape index (κ1) is 14.6. The largest absolute Gasteiger partial charge is 0.496 e. The van der Waals surface area contributed by atoms with E-state index in [1.807, 2.05) is 6.08 Å². The van der Waals surface area contributed by atoms with Crippen molar-refractivity contribution in [3.05, 3.63) is 12.3 Å². The second-order valence-corrected chi connectivity index (χ2v) is 4.01. The molecule has 0 aromatic heterocycles. The van der Waals surface area contributed by atoms with E-state index in [9.17, 15) is 0 Å². The molecule has 5 nitrogen and oxygen atoms in total. The van der Waals surface area contributed by atoms with Crippen LogP contribution in [0.5, 0.6) is 0 Å². The third-order valence-corrected chi connectivity index (χ3v) is 2.81. The molecule has 17 heavy (non-hydrogen) atoms.